The van der Waals surface area contributed by atoms with Gasteiger partial charge in [0.2, 0.25) is 0 Å². The maximum atomic E-state index is 14.6. The van der Waals surface area contributed by atoms with E-state index < -0.39 is 17.3 Å². The number of imidazole rings is 1. The lowest BCUT2D eigenvalue weighted by Crippen LogP contribution is -2.50. The number of pyridine rings is 1. The zero-order chi connectivity index (χ0) is 28.1. The van der Waals surface area contributed by atoms with E-state index in [1.807, 2.05) is 27.0 Å². The van der Waals surface area contributed by atoms with Crippen LogP contribution < -0.4 is 15.0 Å². The average molecular weight is 538 g/mol. The Morgan fingerprint density at radius 2 is 1.79 bits per heavy atom. The molecular formula is C27H32FN7O4. The molecule has 5 rings (SSSR count). The summed E-state index contributed by atoms with van der Waals surface area (Å²) in [6.07, 6.45) is 4.80. The fourth-order valence-electron chi connectivity index (χ4n) is 4.80. The Hall–Kier alpha value is -4.35. The number of aromatic nitrogens is 4. The molecule has 0 aliphatic carbocycles. The maximum Gasteiger partial charge on any atom is 0.410 e. The molecule has 12 heteroatoms. The summed E-state index contributed by atoms with van der Waals surface area (Å²) in [4.78, 5) is 33.9. The fourth-order valence-corrected chi connectivity index (χ4v) is 4.80. The van der Waals surface area contributed by atoms with Gasteiger partial charge in [-0.1, -0.05) is 0 Å². The normalized spacial score (nSPS) is 14.2. The summed E-state index contributed by atoms with van der Waals surface area (Å²) in [5, 5.41) is 8.08. The molecule has 0 spiro atoms. The summed E-state index contributed by atoms with van der Waals surface area (Å²) in [7, 11) is 3.33. The minimum absolute atomic E-state index is 0.190. The number of carbonyl (C=O) groups is 2. The molecule has 1 saturated heterocycles. The first-order valence-corrected chi connectivity index (χ1v) is 12.7. The third kappa shape index (κ3) is 5.18. The van der Waals surface area contributed by atoms with Crippen LogP contribution in [0.2, 0.25) is 0 Å². The Morgan fingerprint density at radius 3 is 2.46 bits per heavy atom. The van der Waals surface area contributed by atoms with Crippen LogP contribution in [0.15, 0.2) is 30.7 Å². The lowest BCUT2D eigenvalue weighted by atomic mass is 10.1. The number of hydrogen-bond donors (Lipinski definition) is 1. The number of aryl methyl sites for hydroxylation is 2. The zero-order valence-electron chi connectivity index (χ0n) is 22.9. The monoisotopic (exact) mass is 537 g/mol. The van der Waals surface area contributed by atoms with Gasteiger partial charge in [-0.05, 0) is 33.8 Å². The number of benzene rings is 1. The standard InChI is InChI=1S/C27H32FN7O4/c1-16-13-35-14-17(11-20(28)24(35)29-16)30-25(36)18-12-21(38-6)23(19-15-32(5)31-22(18)19)33-7-9-34(10-8-33)26(37)39-27(2,3)4/h11-15H,7-10H2,1-6H3,(H,30,36). The van der Waals surface area contributed by atoms with E-state index in [4.69, 9.17) is 9.47 Å². The Balaban J connectivity index is 1.44. The van der Waals surface area contributed by atoms with Crippen molar-refractivity contribution in [3.8, 4) is 5.75 Å². The van der Waals surface area contributed by atoms with Crippen LogP contribution in [0.4, 0.5) is 20.6 Å². The van der Waals surface area contributed by atoms with Gasteiger partial charge in [-0.25, -0.2) is 14.2 Å². The molecule has 1 aromatic carbocycles. The van der Waals surface area contributed by atoms with Crippen LogP contribution >= 0.6 is 0 Å². The Bertz CT molecular complexity index is 1580. The van der Waals surface area contributed by atoms with Crippen molar-refractivity contribution in [3.63, 3.8) is 0 Å². The molecule has 0 atom stereocenters. The lowest BCUT2D eigenvalue weighted by Gasteiger charge is -2.37. The van der Waals surface area contributed by atoms with Crippen molar-refractivity contribution in [2.75, 3.05) is 43.5 Å². The second-order valence-corrected chi connectivity index (χ2v) is 10.6. The molecule has 2 amide bonds. The summed E-state index contributed by atoms with van der Waals surface area (Å²) in [5.41, 5.74) is 2.15. The number of piperazine rings is 1. The van der Waals surface area contributed by atoms with Gasteiger partial charge in [-0.15, -0.1) is 0 Å². The Labute approximate surface area is 225 Å². The van der Waals surface area contributed by atoms with Crippen LogP contribution in [0.5, 0.6) is 5.75 Å². The topological polar surface area (TPSA) is 106 Å². The molecule has 0 unspecified atom stereocenters. The van der Waals surface area contributed by atoms with E-state index in [0.717, 1.165) is 11.1 Å². The van der Waals surface area contributed by atoms with Gasteiger partial charge in [0.1, 0.15) is 16.9 Å². The molecule has 39 heavy (non-hydrogen) atoms. The first kappa shape index (κ1) is 26.3. The molecule has 4 heterocycles. The van der Waals surface area contributed by atoms with E-state index in [9.17, 15) is 14.0 Å². The van der Waals surface area contributed by atoms with Gasteiger partial charge < -0.3 is 29.0 Å². The number of methoxy groups -OCH3 is 1. The molecule has 3 aromatic heterocycles. The highest BCUT2D eigenvalue weighted by Crippen LogP contribution is 2.39. The average Bonchev–Trinajstić information content (AvgIpc) is 3.43. The first-order chi connectivity index (χ1) is 18.4. The Morgan fingerprint density at radius 1 is 1.08 bits per heavy atom. The predicted octanol–water partition coefficient (Wildman–Crippen LogP) is 3.99. The van der Waals surface area contributed by atoms with Crippen molar-refractivity contribution in [1.82, 2.24) is 24.1 Å². The van der Waals surface area contributed by atoms with Gasteiger partial charge in [0.25, 0.3) is 5.91 Å². The third-order valence-electron chi connectivity index (χ3n) is 6.44. The molecule has 1 fully saturated rings. The van der Waals surface area contributed by atoms with E-state index in [1.54, 1.807) is 49.1 Å². The molecule has 4 aromatic rings. The van der Waals surface area contributed by atoms with E-state index >= 15 is 0 Å². The summed E-state index contributed by atoms with van der Waals surface area (Å²) < 4.78 is 29.0. The molecule has 0 saturated carbocycles. The van der Waals surface area contributed by atoms with Gasteiger partial charge in [0.05, 0.1) is 29.7 Å². The highest BCUT2D eigenvalue weighted by molar-refractivity contribution is 6.15. The summed E-state index contributed by atoms with van der Waals surface area (Å²) in [6.45, 7) is 9.36. The van der Waals surface area contributed by atoms with Gasteiger partial charge in [-0.2, -0.15) is 5.10 Å². The number of fused-ring (bicyclic) bond motifs is 2. The number of halogens is 1. The zero-order valence-corrected chi connectivity index (χ0v) is 22.9. The second-order valence-electron chi connectivity index (χ2n) is 10.6. The highest BCUT2D eigenvalue weighted by atomic mass is 19.1. The minimum atomic E-state index is -0.565. The van der Waals surface area contributed by atoms with E-state index in [1.165, 1.54) is 10.5 Å². The Kier molecular flexibility index (Phi) is 6.57. The lowest BCUT2D eigenvalue weighted by molar-refractivity contribution is 0.0240. The van der Waals surface area contributed by atoms with Crippen LogP contribution in [0.25, 0.3) is 16.6 Å². The van der Waals surface area contributed by atoms with Gasteiger partial charge in [0, 0.05) is 63.3 Å². The van der Waals surface area contributed by atoms with E-state index in [-0.39, 0.29) is 17.4 Å². The largest absolute Gasteiger partial charge is 0.495 e. The third-order valence-corrected chi connectivity index (χ3v) is 6.44. The summed E-state index contributed by atoms with van der Waals surface area (Å²) in [6, 6.07) is 2.89. The van der Waals surface area contributed by atoms with E-state index in [0.29, 0.717) is 48.7 Å². The van der Waals surface area contributed by atoms with Gasteiger partial charge in [0.15, 0.2) is 11.5 Å². The molecule has 0 radical (unpaired) electrons. The predicted molar refractivity (Wildman–Crippen MR) is 145 cm³/mol. The molecule has 11 nitrogen and oxygen atoms in total. The molecule has 0 bridgehead atoms. The number of hydrogen-bond acceptors (Lipinski definition) is 7. The smallest absolute Gasteiger partial charge is 0.410 e. The highest BCUT2D eigenvalue weighted by Gasteiger charge is 2.29. The minimum Gasteiger partial charge on any atom is -0.495 e. The SMILES string of the molecule is COc1cc(C(=O)Nc2cc(F)c3nc(C)cn3c2)c2nn(C)cc2c1N1CCN(C(=O)OC(C)(C)C)CC1. The van der Waals surface area contributed by atoms with E-state index in [2.05, 4.69) is 20.3 Å². The fraction of sp³-hybridized carbons (Fsp3) is 0.407. The first-order valence-electron chi connectivity index (χ1n) is 12.7. The van der Waals surface area contributed by atoms with Crippen molar-refractivity contribution < 1.29 is 23.5 Å². The number of carbonyl (C=O) groups excluding carboxylic acids is 2. The maximum absolute atomic E-state index is 14.6. The van der Waals surface area contributed by atoms with Crippen LogP contribution in [-0.2, 0) is 11.8 Å². The van der Waals surface area contributed by atoms with Crippen molar-refractivity contribution in [2.24, 2.45) is 7.05 Å². The van der Waals surface area contributed by atoms with Crippen molar-refractivity contribution in [1.29, 1.82) is 0 Å². The van der Waals surface area contributed by atoms with Crippen molar-refractivity contribution >= 4 is 39.9 Å². The number of rotatable bonds is 4. The van der Waals surface area contributed by atoms with Crippen LogP contribution in [0, 0.1) is 12.7 Å². The van der Waals surface area contributed by atoms with Crippen LogP contribution in [0.3, 0.4) is 0 Å². The van der Waals surface area contributed by atoms with Crippen molar-refractivity contribution in [3.05, 3.63) is 47.8 Å². The number of anilines is 2. The van der Waals surface area contributed by atoms with Gasteiger partial charge >= 0.3 is 6.09 Å². The molecule has 1 aliphatic heterocycles. The van der Waals surface area contributed by atoms with Gasteiger partial charge in [-0.3, -0.25) is 9.48 Å². The summed E-state index contributed by atoms with van der Waals surface area (Å²) in [5.74, 6) is -0.491. The van der Waals surface area contributed by atoms with Crippen LogP contribution in [0.1, 0.15) is 36.8 Å². The number of ether oxygens (including phenoxy) is 2. The molecule has 206 valence electrons. The molecular weight excluding hydrogens is 505 g/mol. The number of nitrogens with zero attached hydrogens (tertiary/aromatic N) is 6. The molecule has 1 N–H and O–H groups in total. The number of amides is 2. The quantitative estimate of drug-likeness (QED) is 0.420. The van der Waals surface area contributed by atoms with Crippen LogP contribution in [-0.4, -0.2) is 75.0 Å². The number of nitrogens with one attached hydrogen (secondary N) is 1. The molecule has 1 aliphatic rings. The van der Waals surface area contributed by atoms with Crippen molar-refractivity contribution in [2.45, 2.75) is 33.3 Å². The summed E-state index contributed by atoms with van der Waals surface area (Å²) >= 11 is 0. The second kappa shape index (κ2) is 9.75.